The zero-order chi connectivity index (χ0) is 26.4. The molecule has 0 saturated heterocycles. The van der Waals surface area contributed by atoms with Gasteiger partial charge in [-0.15, -0.1) is 0 Å². The summed E-state index contributed by atoms with van der Waals surface area (Å²) in [5.74, 6) is 0.665. The first-order chi connectivity index (χ1) is 17.9. The van der Waals surface area contributed by atoms with Crippen LogP contribution in [-0.4, -0.2) is 29.9 Å². The monoisotopic (exact) mass is 492 g/mol. The van der Waals surface area contributed by atoms with Crippen LogP contribution in [0.4, 0.5) is 5.69 Å². The van der Waals surface area contributed by atoms with Gasteiger partial charge in [0.25, 0.3) is 5.91 Å². The van der Waals surface area contributed by atoms with Gasteiger partial charge >= 0.3 is 0 Å². The van der Waals surface area contributed by atoms with E-state index in [-0.39, 0.29) is 5.57 Å². The maximum atomic E-state index is 13.0. The van der Waals surface area contributed by atoms with E-state index in [1.807, 2.05) is 86.8 Å². The summed E-state index contributed by atoms with van der Waals surface area (Å²) in [6.07, 6.45) is 3.40. The van der Waals surface area contributed by atoms with E-state index in [1.54, 1.807) is 31.0 Å². The maximum Gasteiger partial charge on any atom is 0.266 e. The second-order valence-electron chi connectivity index (χ2n) is 8.61. The number of ether oxygens (including phenoxy) is 2. The molecule has 7 nitrogen and oxygen atoms in total. The first-order valence-electron chi connectivity index (χ1n) is 11.8. The van der Waals surface area contributed by atoms with Crippen molar-refractivity contribution in [2.45, 2.75) is 20.4 Å². The summed E-state index contributed by atoms with van der Waals surface area (Å²) in [5, 5.41) is 17.5. The van der Waals surface area contributed by atoms with Crippen molar-refractivity contribution in [3.05, 3.63) is 101 Å². The van der Waals surface area contributed by atoms with Gasteiger partial charge in [-0.1, -0.05) is 36.4 Å². The molecule has 186 valence electrons. The van der Waals surface area contributed by atoms with Crippen LogP contribution in [0.3, 0.4) is 0 Å². The molecule has 4 aromatic rings. The molecule has 0 bridgehead atoms. The van der Waals surface area contributed by atoms with Crippen LogP contribution in [0.15, 0.2) is 78.5 Å². The highest BCUT2D eigenvalue weighted by Gasteiger charge is 2.17. The van der Waals surface area contributed by atoms with E-state index in [1.165, 1.54) is 0 Å². The zero-order valence-electron chi connectivity index (χ0n) is 21.3. The first-order valence-corrected chi connectivity index (χ1v) is 11.8. The van der Waals surface area contributed by atoms with Crippen LogP contribution < -0.4 is 14.8 Å². The van der Waals surface area contributed by atoms with Crippen molar-refractivity contribution in [2.75, 3.05) is 19.5 Å². The van der Waals surface area contributed by atoms with Crippen LogP contribution >= 0.6 is 0 Å². The Labute approximate surface area is 216 Å². The third-order valence-electron chi connectivity index (χ3n) is 6.06. The molecule has 0 aliphatic carbocycles. The summed E-state index contributed by atoms with van der Waals surface area (Å²) in [6.45, 7) is 4.51. The van der Waals surface area contributed by atoms with Gasteiger partial charge < -0.3 is 14.8 Å². The van der Waals surface area contributed by atoms with E-state index in [9.17, 15) is 10.1 Å². The van der Waals surface area contributed by atoms with E-state index in [0.29, 0.717) is 35.0 Å². The molecule has 0 radical (unpaired) electrons. The smallest absolute Gasteiger partial charge is 0.266 e. The quantitative estimate of drug-likeness (QED) is 0.249. The number of nitrogens with one attached hydrogen (secondary N) is 1. The minimum Gasteiger partial charge on any atom is -0.493 e. The van der Waals surface area contributed by atoms with Gasteiger partial charge in [-0.05, 0) is 66.9 Å². The molecule has 3 aromatic carbocycles. The minimum absolute atomic E-state index is 0.0285. The Bertz CT molecular complexity index is 1500. The van der Waals surface area contributed by atoms with Crippen molar-refractivity contribution in [1.29, 1.82) is 5.26 Å². The Morgan fingerprint density at radius 2 is 1.76 bits per heavy atom. The Balaban J connectivity index is 1.74. The van der Waals surface area contributed by atoms with E-state index in [0.717, 1.165) is 22.3 Å². The average molecular weight is 493 g/mol. The number of hydrogen-bond donors (Lipinski definition) is 1. The van der Waals surface area contributed by atoms with Gasteiger partial charge in [-0.25, -0.2) is 0 Å². The molecule has 0 aliphatic rings. The number of benzene rings is 3. The molecule has 1 aromatic heterocycles. The Kier molecular flexibility index (Phi) is 7.70. The number of carbonyl (C=O) groups excluding carboxylic acids is 1. The van der Waals surface area contributed by atoms with Crippen molar-refractivity contribution in [1.82, 2.24) is 9.78 Å². The fraction of sp³-hybridized carbons (Fsp3) is 0.167. The highest BCUT2D eigenvalue weighted by atomic mass is 16.5. The lowest BCUT2D eigenvalue weighted by Gasteiger charge is -2.09. The summed E-state index contributed by atoms with van der Waals surface area (Å²) in [6, 6.07) is 23.1. The van der Waals surface area contributed by atoms with Crippen LogP contribution in [-0.2, 0) is 11.3 Å². The maximum absolute atomic E-state index is 13.0. The fourth-order valence-electron chi connectivity index (χ4n) is 3.92. The second kappa shape index (κ2) is 11.3. The zero-order valence-corrected chi connectivity index (χ0v) is 21.3. The number of methoxy groups -OCH3 is 2. The van der Waals surface area contributed by atoms with E-state index >= 15 is 0 Å². The number of anilines is 1. The van der Waals surface area contributed by atoms with Crippen LogP contribution in [0.25, 0.3) is 17.3 Å². The van der Waals surface area contributed by atoms with Crippen LogP contribution in [0.1, 0.15) is 22.3 Å². The average Bonchev–Trinajstić information content (AvgIpc) is 3.31. The lowest BCUT2D eigenvalue weighted by molar-refractivity contribution is -0.112. The van der Waals surface area contributed by atoms with Crippen LogP contribution in [0, 0.1) is 25.2 Å². The fourth-order valence-corrected chi connectivity index (χ4v) is 3.92. The lowest BCUT2D eigenvalue weighted by atomic mass is 10.0. The summed E-state index contributed by atoms with van der Waals surface area (Å²) in [7, 11) is 3.15. The first kappa shape index (κ1) is 25.3. The lowest BCUT2D eigenvalue weighted by Crippen LogP contribution is -2.13. The number of nitrogens with zero attached hydrogens (tertiary/aromatic N) is 3. The van der Waals surface area contributed by atoms with Gasteiger partial charge in [0.05, 0.1) is 26.5 Å². The summed E-state index contributed by atoms with van der Waals surface area (Å²) in [4.78, 5) is 13.0. The predicted octanol–water partition coefficient (Wildman–Crippen LogP) is 5.78. The Morgan fingerprint density at radius 3 is 2.43 bits per heavy atom. The Morgan fingerprint density at radius 1 is 1.00 bits per heavy atom. The molecule has 0 atom stereocenters. The molecular weight excluding hydrogens is 464 g/mol. The van der Waals surface area contributed by atoms with Crippen LogP contribution in [0.2, 0.25) is 0 Å². The van der Waals surface area contributed by atoms with Gasteiger partial charge in [0, 0.05) is 23.0 Å². The van der Waals surface area contributed by atoms with Gasteiger partial charge in [0.2, 0.25) is 0 Å². The summed E-state index contributed by atoms with van der Waals surface area (Å²) in [5.41, 5.74) is 5.87. The molecule has 0 fully saturated rings. The standard InChI is InChI=1S/C30H28N4O3/c1-20-10-12-26(14-21(20)2)32-30(35)24(17-31)15-25-19-34(18-22-8-6-5-7-9-22)33-29(25)23-11-13-27(36-3)28(16-23)37-4/h5-16,19H,18H2,1-4H3,(H,32,35). The third kappa shape index (κ3) is 5.88. The normalized spacial score (nSPS) is 11.1. The molecule has 0 saturated carbocycles. The van der Waals surface area contributed by atoms with Crippen molar-refractivity contribution < 1.29 is 14.3 Å². The number of aryl methyl sites for hydroxylation is 2. The Hall–Kier alpha value is -4.83. The molecular formula is C30H28N4O3. The van der Waals surface area contributed by atoms with Gasteiger partial charge in [0.1, 0.15) is 11.6 Å². The van der Waals surface area contributed by atoms with E-state index in [4.69, 9.17) is 14.6 Å². The largest absolute Gasteiger partial charge is 0.493 e. The number of nitriles is 1. The highest BCUT2D eigenvalue weighted by Crippen LogP contribution is 2.34. The predicted molar refractivity (Wildman–Crippen MR) is 144 cm³/mol. The number of amides is 1. The molecule has 7 heteroatoms. The van der Waals surface area contributed by atoms with Gasteiger partial charge in [0.15, 0.2) is 11.5 Å². The highest BCUT2D eigenvalue weighted by molar-refractivity contribution is 6.10. The number of aromatic nitrogens is 2. The minimum atomic E-state index is -0.486. The molecule has 0 aliphatic heterocycles. The van der Waals surface area contributed by atoms with Crippen molar-refractivity contribution in [2.24, 2.45) is 0 Å². The molecule has 37 heavy (non-hydrogen) atoms. The van der Waals surface area contributed by atoms with Crippen molar-refractivity contribution in [3.8, 4) is 28.8 Å². The molecule has 0 spiro atoms. The molecule has 0 unspecified atom stereocenters. The second-order valence-corrected chi connectivity index (χ2v) is 8.61. The van der Waals surface area contributed by atoms with E-state index < -0.39 is 5.91 Å². The number of carbonyl (C=O) groups is 1. The van der Waals surface area contributed by atoms with E-state index in [2.05, 4.69) is 5.32 Å². The molecule has 1 amide bonds. The van der Waals surface area contributed by atoms with Gasteiger partial charge in [-0.3, -0.25) is 9.48 Å². The summed E-state index contributed by atoms with van der Waals surface area (Å²) < 4.78 is 12.6. The SMILES string of the molecule is COc1ccc(-c2nn(Cc3ccccc3)cc2C=C(C#N)C(=O)Nc2ccc(C)c(C)c2)cc1OC. The van der Waals surface area contributed by atoms with Crippen LogP contribution in [0.5, 0.6) is 11.5 Å². The van der Waals surface area contributed by atoms with Gasteiger partial charge in [-0.2, -0.15) is 10.4 Å². The number of hydrogen-bond acceptors (Lipinski definition) is 5. The third-order valence-corrected chi connectivity index (χ3v) is 6.06. The topological polar surface area (TPSA) is 89.2 Å². The van der Waals surface area contributed by atoms with Crippen molar-refractivity contribution >= 4 is 17.7 Å². The molecule has 1 heterocycles. The molecule has 1 N–H and O–H groups in total. The summed E-state index contributed by atoms with van der Waals surface area (Å²) >= 11 is 0. The molecule has 4 rings (SSSR count). The van der Waals surface area contributed by atoms with Crippen molar-refractivity contribution in [3.63, 3.8) is 0 Å². The number of rotatable bonds is 8.